The Bertz CT molecular complexity index is 686. The van der Waals surface area contributed by atoms with Crippen LogP contribution in [0.3, 0.4) is 0 Å². The van der Waals surface area contributed by atoms with Crippen LogP contribution in [-0.4, -0.2) is 54.9 Å². The molecule has 0 radical (unpaired) electrons. The smallest absolute Gasteiger partial charge is 0.410 e. The van der Waals surface area contributed by atoms with Crippen molar-refractivity contribution in [2.24, 2.45) is 5.92 Å². The van der Waals surface area contributed by atoms with Gasteiger partial charge in [0.25, 0.3) is 0 Å². The molecule has 1 fully saturated rings. The fraction of sp³-hybridized carbons (Fsp3) is 0.550. The van der Waals surface area contributed by atoms with Crippen molar-refractivity contribution in [1.82, 2.24) is 10.2 Å². The van der Waals surface area contributed by atoms with Gasteiger partial charge in [0.15, 0.2) is 0 Å². The SMILES string of the molecule is COC(=O)[C@H]1CN(C(=O)OC(C)(C)C)CCC1NC(=O)OCc1ccccc1. The molecule has 1 aromatic rings. The van der Waals surface area contributed by atoms with E-state index < -0.39 is 35.7 Å². The second-order valence-electron chi connectivity index (χ2n) is 7.66. The summed E-state index contributed by atoms with van der Waals surface area (Å²) in [5.74, 6) is -1.20. The van der Waals surface area contributed by atoms with Crippen LogP contribution in [0.5, 0.6) is 0 Å². The fourth-order valence-electron chi connectivity index (χ4n) is 2.92. The normalized spacial score (nSPS) is 19.5. The van der Waals surface area contributed by atoms with Gasteiger partial charge in [-0.2, -0.15) is 0 Å². The van der Waals surface area contributed by atoms with Crippen molar-refractivity contribution in [3.63, 3.8) is 0 Å². The molecule has 8 heteroatoms. The number of methoxy groups -OCH3 is 1. The lowest BCUT2D eigenvalue weighted by atomic mass is 9.92. The first kappa shape index (κ1) is 21.5. The highest BCUT2D eigenvalue weighted by Crippen LogP contribution is 2.21. The van der Waals surface area contributed by atoms with Gasteiger partial charge in [-0.3, -0.25) is 4.79 Å². The molecule has 154 valence electrons. The fourth-order valence-corrected chi connectivity index (χ4v) is 2.92. The predicted octanol–water partition coefficient (Wildman–Crippen LogP) is 2.71. The number of hydrogen-bond acceptors (Lipinski definition) is 6. The monoisotopic (exact) mass is 392 g/mol. The Balaban J connectivity index is 1.95. The largest absolute Gasteiger partial charge is 0.469 e. The van der Waals surface area contributed by atoms with Crippen molar-refractivity contribution in [2.45, 2.75) is 45.4 Å². The third-order valence-electron chi connectivity index (χ3n) is 4.28. The van der Waals surface area contributed by atoms with Crippen molar-refractivity contribution >= 4 is 18.2 Å². The van der Waals surface area contributed by atoms with Crippen LogP contribution in [0.2, 0.25) is 0 Å². The average Bonchev–Trinajstić information content (AvgIpc) is 2.65. The Hall–Kier alpha value is -2.77. The molecule has 1 N–H and O–H groups in total. The van der Waals surface area contributed by atoms with Gasteiger partial charge in [-0.15, -0.1) is 0 Å². The van der Waals surface area contributed by atoms with Crippen LogP contribution < -0.4 is 5.32 Å². The number of benzene rings is 1. The van der Waals surface area contributed by atoms with Gasteiger partial charge in [0, 0.05) is 19.1 Å². The molecule has 1 unspecified atom stereocenters. The van der Waals surface area contributed by atoms with Gasteiger partial charge in [0.05, 0.1) is 13.0 Å². The summed E-state index contributed by atoms with van der Waals surface area (Å²) < 4.78 is 15.4. The van der Waals surface area contributed by atoms with Gasteiger partial charge in [0.1, 0.15) is 12.2 Å². The molecule has 8 nitrogen and oxygen atoms in total. The first-order valence-corrected chi connectivity index (χ1v) is 9.22. The third-order valence-corrected chi connectivity index (χ3v) is 4.28. The number of piperidine rings is 1. The molecule has 0 aromatic heterocycles. The van der Waals surface area contributed by atoms with E-state index in [1.54, 1.807) is 20.8 Å². The summed E-state index contributed by atoms with van der Waals surface area (Å²) in [6.07, 6.45) is -0.723. The average molecular weight is 392 g/mol. The molecule has 28 heavy (non-hydrogen) atoms. The molecular formula is C20H28N2O6. The van der Waals surface area contributed by atoms with E-state index in [0.29, 0.717) is 13.0 Å². The molecule has 1 saturated heterocycles. The van der Waals surface area contributed by atoms with Gasteiger partial charge in [-0.1, -0.05) is 30.3 Å². The van der Waals surface area contributed by atoms with Crippen LogP contribution in [0, 0.1) is 5.92 Å². The Labute approximate surface area is 165 Å². The van der Waals surface area contributed by atoms with E-state index in [4.69, 9.17) is 14.2 Å². The van der Waals surface area contributed by atoms with Crippen LogP contribution in [0.4, 0.5) is 9.59 Å². The van der Waals surface area contributed by atoms with Gasteiger partial charge in [-0.05, 0) is 32.8 Å². The summed E-state index contributed by atoms with van der Waals surface area (Å²) in [6, 6.07) is 8.80. The number of alkyl carbamates (subject to hydrolysis) is 1. The van der Waals surface area contributed by atoms with Crippen LogP contribution >= 0.6 is 0 Å². The van der Waals surface area contributed by atoms with E-state index in [1.165, 1.54) is 12.0 Å². The quantitative estimate of drug-likeness (QED) is 0.625. The number of likely N-dealkylation sites (tertiary alicyclic amines) is 1. The number of hydrogen-bond donors (Lipinski definition) is 1. The topological polar surface area (TPSA) is 94.2 Å². The van der Waals surface area contributed by atoms with Crippen molar-refractivity contribution in [1.29, 1.82) is 0 Å². The summed E-state index contributed by atoms with van der Waals surface area (Å²) in [5, 5.41) is 2.72. The van der Waals surface area contributed by atoms with E-state index in [2.05, 4.69) is 5.32 Å². The number of carbonyl (C=O) groups is 3. The maximum absolute atomic E-state index is 12.3. The summed E-state index contributed by atoms with van der Waals surface area (Å²) in [6.45, 7) is 5.92. The number of rotatable bonds is 4. The molecule has 0 spiro atoms. The number of esters is 1. The standard InChI is InChI=1S/C20H28N2O6/c1-20(2,3)28-19(25)22-11-10-16(15(12-22)17(23)26-4)21-18(24)27-13-14-8-6-5-7-9-14/h5-9,15-16H,10-13H2,1-4H3,(H,21,24)/t15-,16?/m0/s1. The molecule has 1 aliphatic rings. The summed E-state index contributed by atoms with van der Waals surface area (Å²) in [5.41, 5.74) is 0.232. The Kier molecular flexibility index (Phi) is 7.25. The number of carbonyl (C=O) groups excluding carboxylic acids is 3. The van der Waals surface area contributed by atoms with E-state index >= 15 is 0 Å². The number of ether oxygens (including phenoxy) is 3. The van der Waals surface area contributed by atoms with Gasteiger partial charge < -0.3 is 24.4 Å². The molecule has 1 aromatic carbocycles. The van der Waals surface area contributed by atoms with Crippen molar-refractivity contribution in [3.8, 4) is 0 Å². The third kappa shape index (κ3) is 6.44. The van der Waals surface area contributed by atoms with Gasteiger partial charge in [0.2, 0.25) is 0 Å². The molecule has 2 amide bonds. The lowest BCUT2D eigenvalue weighted by molar-refractivity contribution is -0.148. The maximum Gasteiger partial charge on any atom is 0.410 e. The van der Waals surface area contributed by atoms with Gasteiger partial charge >= 0.3 is 18.2 Å². The molecular weight excluding hydrogens is 364 g/mol. The van der Waals surface area contributed by atoms with Crippen LogP contribution in [0.1, 0.15) is 32.8 Å². The number of nitrogens with one attached hydrogen (secondary N) is 1. The lowest BCUT2D eigenvalue weighted by Crippen LogP contribution is -2.55. The van der Waals surface area contributed by atoms with E-state index in [9.17, 15) is 14.4 Å². The molecule has 0 aliphatic carbocycles. The summed E-state index contributed by atoms with van der Waals surface area (Å²) >= 11 is 0. The van der Waals surface area contributed by atoms with Crippen LogP contribution in [-0.2, 0) is 25.6 Å². The minimum Gasteiger partial charge on any atom is -0.469 e. The molecule has 0 bridgehead atoms. The Morgan fingerprint density at radius 1 is 1.18 bits per heavy atom. The highest BCUT2D eigenvalue weighted by atomic mass is 16.6. The zero-order valence-corrected chi connectivity index (χ0v) is 16.8. The molecule has 1 aliphatic heterocycles. The summed E-state index contributed by atoms with van der Waals surface area (Å²) in [4.78, 5) is 38.1. The predicted molar refractivity (Wildman–Crippen MR) is 101 cm³/mol. The summed E-state index contributed by atoms with van der Waals surface area (Å²) in [7, 11) is 1.28. The Morgan fingerprint density at radius 2 is 1.86 bits per heavy atom. The van der Waals surface area contributed by atoms with Crippen molar-refractivity contribution < 1.29 is 28.6 Å². The first-order chi connectivity index (χ1) is 13.2. The molecule has 1 heterocycles. The maximum atomic E-state index is 12.3. The zero-order chi connectivity index (χ0) is 20.7. The number of nitrogens with zero attached hydrogens (tertiary/aromatic N) is 1. The van der Waals surface area contributed by atoms with E-state index in [1.807, 2.05) is 30.3 Å². The minimum absolute atomic E-state index is 0.102. The second kappa shape index (κ2) is 9.43. The number of amides is 2. The van der Waals surface area contributed by atoms with Crippen molar-refractivity contribution in [3.05, 3.63) is 35.9 Å². The highest BCUT2D eigenvalue weighted by Gasteiger charge is 2.39. The van der Waals surface area contributed by atoms with E-state index in [0.717, 1.165) is 5.56 Å². The van der Waals surface area contributed by atoms with Crippen molar-refractivity contribution in [2.75, 3.05) is 20.2 Å². The molecule has 2 rings (SSSR count). The highest BCUT2D eigenvalue weighted by molar-refractivity contribution is 5.77. The van der Waals surface area contributed by atoms with Crippen LogP contribution in [0.15, 0.2) is 30.3 Å². The Morgan fingerprint density at radius 3 is 2.46 bits per heavy atom. The van der Waals surface area contributed by atoms with E-state index in [-0.39, 0.29) is 13.2 Å². The first-order valence-electron chi connectivity index (χ1n) is 9.22. The lowest BCUT2D eigenvalue weighted by Gasteiger charge is -2.37. The zero-order valence-electron chi connectivity index (χ0n) is 16.8. The second-order valence-corrected chi connectivity index (χ2v) is 7.66. The molecule has 2 atom stereocenters. The molecule has 0 saturated carbocycles. The van der Waals surface area contributed by atoms with Gasteiger partial charge in [-0.25, -0.2) is 9.59 Å². The minimum atomic E-state index is -0.699. The van der Waals surface area contributed by atoms with Crippen LogP contribution in [0.25, 0.3) is 0 Å².